The minimum Gasteiger partial charge on any atom is -0.368 e. The SMILES string of the molecule is CN1Cc2c(Cl)cc(Cl)cc2C(c2cccc(NC3C(=O)C(=O)C3=O)c2)C1. The zero-order valence-electron chi connectivity index (χ0n) is 14.5. The van der Waals surface area contributed by atoms with Gasteiger partial charge in [-0.05, 0) is 48.0 Å². The van der Waals surface area contributed by atoms with Crippen molar-refractivity contribution in [1.29, 1.82) is 0 Å². The number of nitrogens with zero attached hydrogens (tertiary/aromatic N) is 1. The fraction of sp³-hybridized carbons (Fsp3) is 0.250. The summed E-state index contributed by atoms with van der Waals surface area (Å²) in [5.41, 5.74) is 3.76. The van der Waals surface area contributed by atoms with E-state index in [1.54, 1.807) is 12.1 Å². The Hall–Kier alpha value is -2.21. The second-order valence-corrected chi connectivity index (χ2v) is 7.81. The highest BCUT2D eigenvalue weighted by molar-refractivity contribution is 6.79. The lowest BCUT2D eigenvalue weighted by atomic mass is 9.84. The first-order valence-electron chi connectivity index (χ1n) is 8.50. The van der Waals surface area contributed by atoms with Gasteiger partial charge in [0.25, 0.3) is 5.78 Å². The molecule has 1 atom stereocenters. The zero-order chi connectivity index (χ0) is 19.3. The van der Waals surface area contributed by atoms with Gasteiger partial charge >= 0.3 is 0 Å². The van der Waals surface area contributed by atoms with Crippen LogP contribution in [0, 0.1) is 0 Å². The minimum atomic E-state index is -1.07. The number of carbonyl (C=O) groups excluding carboxylic acids is 3. The third kappa shape index (κ3) is 3.16. The fourth-order valence-corrected chi connectivity index (χ4v) is 4.27. The molecule has 1 heterocycles. The number of rotatable bonds is 3. The van der Waals surface area contributed by atoms with Crippen LogP contribution in [0.25, 0.3) is 0 Å². The molecule has 1 saturated carbocycles. The highest BCUT2D eigenvalue weighted by atomic mass is 35.5. The lowest BCUT2D eigenvalue weighted by molar-refractivity contribution is -0.152. The first-order chi connectivity index (χ1) is 12.8. The average molecular weight is 403 g/mol. The fourth-order valence-electron chi connectivity index (χ4n) is 3.70. The van der Waals surface area contributed by atoms with Gasteiger partial charge in [-0.2, -0.15) is 0 Å². The highest BCUT2D eigenvalue weighted by Crippen LogP contribution is 2.39. The summed E-state index contributed by atoms with van der Waals surface area (Å²) in [6.45, 7) is 1.53. The van der Waals surface area contributed by atoms with Crippen LogP contribution in [0.4, 0.5) is 5.69 Å². The topological polar surface area (TPSA) is 66.5 Å². The molecule has 0 aromatic heterocycles. The highest BCUT2D eigenvalue weighted by Gasteiger charge is 2.48. The first kappa shape index (κ1) is 18.2. The van der Waals surface area contributed by atoms with Crippen LogP contribution in [0.3, 0.4) is 0 Å². The van der Waals surface area contributed by atoms with Crippen molar-refractivity contribution in [2.75, 3.05) is 18.9 Å². The Kier molecular flexibility index (Phi) is 4.54. The van der Waals surface area contributed by atoms with E-state index in [1.165, 1.54) is 0 Å². The molecule has 0 amide bonds. The number of anilines is 1. The monoisotopic (exact) mass is 402 g/mol. The van der Waals surface area contributed by atoms with Gasteiger partial charge in [0, 0.05) is 34.7 Å². The molecule has 27 heavy (non-hydrogen) atoms. The number of Topliss-reactive ketones (excluding diaryl/α,β-unsaturated/α-hetero) is 3. The maximum atomic E-state index is 11.6. The van der Waals surface area contributed by atoms with Crippen molar-refractivity contribution < 1.29 is 14.4 Å². The molecule has 4 rings (SSSR count). The molecule has 138 valence electrons. The van der Waals surface area contributed by atoms with E-state index in [4.69, 9.17) is 23.2 Å². The number of hydrogen-bond donors (Lipinski definition) is 1. The summed E-state index contributed by atoms with van der Waals surface area (Å²) in [6.07, 6.45) is 0. The van der Waals surface area contributed by atoms with E-state index in [1.807, 2.05) is 31.3 Å². The van der Waals surface area contributed by atoms with Crippen molar-refractivity contribution >= 4 is 46.2 Å². The lowest BCUT2D eigenvalue weighted by Crippen LogP contribution is -2.57. The van der Waals surface area contributed by atoms with Crippen LogP contribution in [0.5, 0.6) is 0 Å². The normalized spacial score (nSPS) is 20.4. The second-order valence-electron chi connectivity index (χ2n) is 6.97. The van der Waals surface area contributed by atoms with E-state index < -0.39 is 23.4 Å². The molecule has 5 nitrogen and oxygen atoms in total. The molecule has 1 N–H and O–H groups in total. The van der Waals surface area contributed by atoms with E-state index in [0.29, 0.717) is 15.7 Å². The predicted octanol–water partition coefficient (Wildman–Crippen LogP) is 3.07. The quantitative estimate of drug-likeness (QED) is 0.631. The molecule has 0 spiro atoms. The summed E-state index contributed by atoms with van der Waals surface area (Å²) in [7, 11) is 2.03. The van der Waals surface area contributed by atoms with E-state index >= 15 is 0 Å². The summed E-state index contributed by atoms with van der Waals surface area (Å²) in [6, 6.07) is 10.1. The van der Waals surface area contributed by atoms with Gasteiger partial charge in [0.1, 0.15) is 0 Å². The van der Waals surface area contributed by atoms with Crippen LogP contribution in [0.1, 0.15) is 22.6 Å². The summed E-state index contributed by atoms with van der Waals surface area (Å²) in [5.74, 6) is -2.26. The molecule has 0 saturated heterocycles. The van der Waals surface area contributed by atoms with Gasteiger partial charge in [-0.15, -0.1) is 0 Å². The van der Waals surface area contributed by atoms with Crippen molar-refractivity contribution in [1.82, 2.24) is 4.90 Å². The predicted molar refractivity (Wildman–Crippen MR) is 104 cm³/mol. The summed E-state index contributed by atoms with van der Waals surface area (Å²) >= 11 is 12.6. The van der Waals surface area contributed by atoms with Crippen molar-refractivity contribution in [3.05, 3.63) is 63.1 Å². The smallest absolute Gasteiger partial charge is 0.269 e. The summed E-state index contributed by atoms with van der Waals surface area (Å²) < 4.78 is 0. The number of ketones is 3. The number of carbonyl (C=O) groups is 3. The molecule has 0 radical (unpaired) electrons. The van der Waals surface area contributed by atoms with Crippen molar-refractivity contribution in [3.63, 3.8) is 0 Å². The molecular formula is C20H16Cl2N2O3. The van der Waals surface area contributed by atoms with E-state index in [9.17, 15) is 14.4 Å². The third-order valence-corrected chi connectivity index (χ3v) is 5.62. The minimum absolute atomic E-state index is 0.0473. The lowest BCUT2D eigenvalue weighted by Gasteiger charge is -2.33. The van der Waals surface area contributed by atoms with Crippen LogP contribution in [0.15, 0.2) is 36.4 Å². The Morgan fingerprint density at radius 1 is 1.07 bits per heavy atom. The Balaban J connectivity index is 1.68. The molecule has 1 aliphatic heterocycles. The largest absolute Gasteiger partial charge is 0.368 e. The molecule has 0 bridgehead atoms. The molecule has 2 aliphatic rings. The second kappa shape index (κ2) is 6.75. The molecule has 1 aliphatic carbocycles. The van der Waals surface area contributed by atoms with Crippen molar-refractivity contribution in [2.45, 2.75) is 18.5 Å². The number of likely N-dealkylation sites (N-methyl/N-ethyl adjacent to an activating group) is 1. The van der Waals surface area contributed by atoms with Gasteiger partial charge in [0.15, 0.2) is 6.04 Å². The number of fused-ring (bicyclic) bond motifs is 1. The number of hydrogen-bond acceptors (Lipinski definition) is 5. The van der Waals surface area contributed by atoms with Crippen molar-refractivity contribution in [3.8, 4) is 0 Å². The van der Waals surface area contributed by atoms with Crippen LogP contribution < -0.4 is 5.32 Å². The Morgan fingerprint density at radius 2 is 1.81 bits per heavy atom. The van der Waals surface area contributed by atoms with Gasteiger partial charge in [0.2, 0.25) is 11.6 Å². The van der Waals surface area contributed by atoms with E-state index in [-0.39, 0.29) is 5.92 Å². The zero-order valence-corrected chi connectivity index (χ0v) is 16.0. The van der Waals surface area contributed by atoms with Gasteiger partial charge in [-0.3, -0.25) is 14.4 Å². The van der Waals surface area contributed by atoms with Crippen LogP contribution in [-0.2, 0) is 20.9 Å². The standard InChI is InChI=1S/C20H16Cl2N2O3/c1-24-8-14(13-6-11(21)7-16(22)15(13)9-24)10-3-2-4-12(5-10)23-17-18(25)20(27)19(17)26/h2-7,14,17,23H,8-9H2,1H3. The summed E-state index contributed by atoms with van der Waals surface area (Å²) in [5, 5.41) is 4.10. The van der Waals surface area contributed by atoms with Crippen LogP contribution >= 0.6 is 23.2 Å². The van der Waals surface area contributed by atoms with Gasteiger partial charge in [-0.1, -0.05) is 35.3 Å². The Bertz CT molecular complexity index is 971. The number of nitrogens with one attached hydrogen (secondary N) is 1. The number of halogens is 2. The summed E-state index contributed by atoms with van der Waals surface area (Å²) in [4.78, 5) is 36.5. The van der Waals surface area contributed by atoms with Crippen molar-refractivity contribution in [2.24, 2.45) is 0 Å². The van der Waals surface area contributed by atoms with Crippen LogP contribution in [-0.4, -0.2) is 41.9 Å². The number of benzene rings is 2. The van der Waals surface area contributed by atoms with Gasteiger partial charge in [0.05, 0.1) is 0 Å². The van der Waals surface area contributed by atoms with Gasteiger partial charge < -0.3 is 10.2 Å². The maximum absolute atomic E-state index is 11.6. The van der Waals surface area contributed by atoms with Gasteiger partial charge in [-0.25, -0.2) is 0 Å². The maximum Gasteiger partial charge on any atom is 0.269 e. The molecule has 1 fully saturated rings. The molecule has 1 unspecified atom stereocenters. The molecule has 2 aromatic rings. The molecule has 7 heteroatoms. The van der Waals surface area contributed by atoms with Crippen LogP contribution in [0.2, 0.25) is 10.0 Å². The average Bonchev–Trinajstić information content (AvgIpc) is 2.65. The van der Waals surface area contributed by atoms with E-state index in [0.717, 1.165) is 29.8 Å². The first-order valence-corrected chi connectivity index (χ1v) is 9.26. The van der Waals surface area contributed by atoms with E-state index in [2.05, 4.69) is 10.2 Å². The molecule has 2 aromatic carbocycles. The third-order valence-electron chi connectivity index (χ3n) is 5.06. The Morgan fingerprint density at radius 3 is 2.56 bits per heavy atom. The Labute approximate surface area is 166 Å². The molecular weight excluding hydrogens is 387 g/mol.